The van der Waals surface area contributed by atoms with E-state index >= 15 is 0 Å². The minimum Gasteiger partial charge on any atom is -0.337 e. The molecule has 1 heterocycles. The summed E-state index contributed by atoms with van der Waals surface area (Å²) in [6.45, 7) is 2.68. The minimum absolute atomic E-state index is 0.162. The smallest absolute Gasteiger partial charge is 0.317 e. The number of rotatable bonds is 6. The summed E-state index contributed by atoms with van der Waals surface area (Å²) in [6, 6.07) is 9.54. The number of amides is 3. The monoisotopic (exact) mass is 332 g/mol. The van der Waals surface area contributed by atoms with Gasteiger partial charge in [-0.1, -0.05) is 30.3 Å². The first-order valence-corrected chi connectivity index (χ1v) is 8.17. The molecule has 2 rings (SSSR count). The summed E-state index contributed by atoms with van der Waals surface area (Å²) < 4.78 is 0. The van der Waals surface area contributed by atoms with E-state index < -0.39 is 0 Å². The van der Waals surface area contributed by atoms with Crippen molar-refractivity contribution in [1.29, 1.82) is 0 Å². The predicted molar refractivity (Wildman–Crippen MR) is 91.4 cm³/mol. The number of urea groups is 1. The average Bonchev–Trinajstić information content (AvgIpc) is 2.93. The third-order valence-electron chi connectivity index (χ3n) is 3.10. The Morgan fingerprint density at radius 3 is 2.65 bits per heavy atom. The van der Waals surface area contributed by atoms with Crippen LogP contribution in [0.4, 0.5) is 9.93 Å². The SMILES string of the molecule is Cc1csc(NC(=O)CCNC(=O)N(C)Cc2ccccc2)n1. The van der Waals surface area contributed by atoms with Gasteiger partial charge in [-0.2, -0.15) is 0 Å². The Morgan fingerprint density at radius 1 is 1.26 bits per heavy atom. The van der Waals surface area contributed by atoms with Crippen molar-refractivity contribution in [3.05, 3.63) is 47.0 Å². The van der Waals surface area contributed by atoms with E-state index in [-0.39, 0.29) is 24.9 Å². The summed E-state index contributed by atoms with van der Waals surface area (Å²) in [7, 11) is 1.72. The maximum Gasteiger partial charge on any atom is 0.317 e. The van der Waals surface area contributed by atoms with Crippen molar-refractivity contribution in [1.82, 2.24) is 15.2 Å². The molecule has 0 spiro atoms. The third kappa shape index (κ3) is 5.71. The van der Waals surface area contributed by atoms with E-state index in [2.05, 4.69) is 15.6 Å². The van der Waals surface area contributed by atoms with Crippen molar-refractivity contribution >= 4 is 28.4 Å². The highest BCUT2D eigenvalue weighted by Gasteiger charge is 2.10. The van der Waals surface area contributed by atoms with Gasteiger partial charge in [0.25, 0.3) is 0 Å². The maximum atomic E-state index is 12.0. The largest absolute Gasteiger partial charge is 0.337 e. The molecule has 0 aliphatic heterocycles. The molecule has 0 atom stereocenters. The summed E-state index contributed by atoms with van der Waals surface area (Å²) in [5.41, 5.74) is 1.93. The number of carbonyl (C=O) groups excluding carboxylic acids is 2. The van der Waals surface area contributed by atoms with Crippen molar-refractivity contribution < 1.29 is 9.59 Å². The normalized spacial score (nSPS) is 10.2. The van der Waals surface area contributed by atoms with Gasteiger partial charge >= 0.3 is 6.03 Å². The van der Waals surface area contributed by atoms with Crippen LogP contribution < -0.4 is 10.6 Å². The molecule has 0 fully saturated rings. The van der Waals surface area contributed by atoms with E-state index in [0.29, 0.717) is 11.7 Å². The van der Waals surface area contributed by atoms with Gasteiger partial charge in [-0.3, -0.25) is 4.79 Å². The van der Waals surface area contributed by atoms with E-state index in [9.17, 15) is 9.59 Å². The Morgan fingerprint density at radius 2 is 2.00 bits per heavy atom. The van der Waals surface area contributed by atoms with Gasteiger partial charge in [0, 0.05) is 31.9 Å². The third-order valence-corrected chi connectivity index (χ3v) is 3.98. The van der Waals surface area contributed by atoms with Gasteiger partial charge in [0.15, 0.2) is 5.13 Å². The molecule has 0 saturated carbocycles. The maximum absolute atomic E-state index is 12.0. The molecule has 0 radical (unpaired) electrons. The zero-order valence-electron chi connectivity index (χ0n) is 13.2. The van der Waals surface area contributed by atoms with Crippen LogP contribution in [0, 0.1) is 6.92 Å². The molecule has 2 N–H and O–H groups in total. The van der Waals surface area contributed by atoms with Gasteiger partial charge in [-0.05, 0) is 12.5 Å². The Balaban J connectivity index is 1.68. The van der Waals surface area contributed by atoms with Crippen molar-refractivity contribution in [2.24, 2.45) is 0 Å². The Bertz CT molecular complexity index is 657. The Hall–Kier alpha value is -2.41. The average molecular weight is 332 g/mol. The Kier molecular flexibility index (Phi) is 6.10. The highest BCUT2D eigenvalue weighted by atomic mass is 32.1. The van der Waals surface area contributed by atoms with Crippen LogP contribution >= 0.6 is 11.3 Å². The first-order chi connectivity index (χ1) is 11.0. The molecule has 1 aromatic carbocycles. The molecule has 7 heteroatoms. The number of hydrogen-bond donors (Lipinski definition) is 2. The zero-order valence-corrected chi connectivity index (χ0v) is 14.0. The van der Waals surface area contributed by atoms with E-state index in [1.165, 1.54) is 11.3 Å². The van der Waals surface area contributed by atoms with Crippen molar-refractivity contribution in [2.45, 2.75) is 19.9 Å². The molecule has 0 bridgehead atoms. The number of benzene rings is 1. The molecule has 0 aliphatic rings. The lowest BCUT2D eigenvalue weighted by Gasteiger charge is -2.17. The molecular weight excluding hydrogens is 312 g/mol. The van der Waals surface area contributed by atoms with Crippen LogP contribution in [0.5, 0.6) is 0 Å². The summed E-state index contributed by atoms with van der Waals surface area (Å²) in [5, 5.41) is 7.90. The lowest BCUT2D eigenvalue weighted by molar-refractivity contribution is -0.116. The van der Waals surface area contributed by atoms with Gasteiger partial charge in [0.1, 0.15) is 0 Å². The second-order valence-electron chi connectivity index (χ2n) is 5.17. The number of thiazole rings is 1. The molecule has 2 aromatic rings. The van der Waals surface area contributed by atoms with E-state index in [1.54, 1.807) is 11.9 Å². The fraction of sp³-hybridized carbons (Fsp3) is 0.312. The number of aromatic nitrogens is 1. The van der Waals surface area contributed by atoms with Crippen LogP contribution in [0.3, 0.4) is 0 Å². The minimum atomic E-state index is -0.202. The number of nitrogens with zero attached hydrogens (tertiary/aromatic N) is 2. The molecule has 0 saturated heterocycles. The van der Waals surface area contributed by atoms with Gasteiger partial charge in [-0.15, -0.1) is 11.3 Å². The van der Waals surface area contributed by atoms with Crippen LogP contribution in [0.15, 0.2) is 35.7 Å². The Labute approximate surface area is 139 Å². The number of carbonyl (C=O) groups is 2. The van der Waals surface area contributed by atoms with E-state index in [1.807, 2.05) is 42.6 Å². The number of anilines is 1. The highest BCUT2D eigenvalue weighted by Crippen LogP contribution is 2.14. The molecule has 0 unspecified atom stereocenters. The highest BCUT2D eigenvalue weighted by molar-refractivity contribution is 7.13. The fourth-order valence-electron chi connectivity index (χ4n) is 1.94. The van der Waals surface area contributed by atoms with Gasteiger partial charge in [0.2, 0.25) is 5.91 Å². The molecule has 3 amide bonds. The molecule has 0 aliphatic carbocycles. The second-order valence-corrected chi connectivity index (χ2v) is 6.02. The number of nitrogens with one attached hydrogen (secondary N) is 2. The first kappa shape index (κ1) is 17.0. The van der Waals surface area contributed by atoms with Crippen molar-refractivity contribution in [3.63, 3.8) is 0 Å². The lowest BCUT2D eigenvalue weighted by Crippen LogP contribution is -2.38. The summed E-state index contributed by atoms with van der Waals surface area (Å²) in [6.07, 6.45) is 0.212. The van der Waals surface area contributed by atoms with Crippen LogP contribution in [0.2, 0.25) is 0 Å². The second kappa shape index (κ2) is 8.28. The first-order valence-electron chi connectivity index (χ1n) is 7.29. The molecule has 23 heavy (non-hydrogen) atoms. The summed E-state index contributed by atoms with van der Waals surface area (Å²) in [5.74, 6) is -0.162. The van der Waals surface area contributed by atoms with Gasteiger partial charge < -0.3 is 15.5 Å². The fourth-order valence-corrected chi connectivity index (χ4v) is 2.64. The van der Waals surface area contributed by atoms with Crippen LogP contribution in [0.25, 0.3) is 0 Å². The molecule has 122 valence electrons. The molecular formula is C16H20N4O2S. The standard InChI is InChI=1S/C16H20N4O2S/c1-12-11-23-15(18-12)19-14(21)8-9-17-16(22)20(2)10-13-6-4-3-5-7-13/h3-7,11H,8-10H2,1-2H3,(H,17,22)(H,18,19,21). The number of aryl methyl sites for hydroxylation is 1. The van der Waals surface area contributed by atoms with Gasteiger partial charge in [0.05, 0.1) is 5.69 Å². The summed E-state index contributed by atoms with van der Waals surface area (Å²) >= 11 is 1.39. The van der Waals surface area contributed by atoms with E-state index in [0.717, 1.165) is 11.3 Å². The van der Waals surface area contributed by atoms with Crippen molar-refractivity contribution in [2.75, 3.05) is 18.9 Å². The van der Waals surface area contributed by atoms with Crippen LogP contribution in [-0.4, -0.2) is 35.4 Å². The van der Waals surface area contributed by atoms with Crippen LogP contribution in [-0.2, 0) is 11.3 Å². The predicted octanol–water partition coefficient (Wildman–Crippen LogP) is 2.62. The molecule has 6 nitrogen and oxygen atoms in total. The van der Waals surface area contributed by atoms with E-state index in [4.69, 9.17) is 0 Å². The molecule has 1 aromatic heterocycles. The van der Waals surface area contributed by atoms with Gasteiger partial charge in [-0.25, -0.2) is 9.78 Å². The van der Waals surface area contributed by atoms with Crippen molar-refractivity contribution in [3.8, 4) is 0 Å². The zero-order chi connectivity index (χ0) is 16.7. The quantitative estimate of drug-likeness (QED) is 0.854. The summed E-state index contributed by atoms with van der Waals surface area (Å²) in [4.78, 5) is 29.5. The lowest BCUT2D eigenvalue weighted by atomic mass is 10.2. The van der Waals surface area contributed by atoms with Crippen LogP contribution in [0.1, 0.15) is 17.7 Å². The topological polar surface area (TPSA) is 74.3 Å². The number of hydrogen-bond acceptors (Lipinski definition) is 4.